The number of allylic oxidation sites excluding steroid dienone is 2. The number of carbonyl (C=O) groups is 1. The minimum Gasteiger partial charge on any atom is -0.459 e. The van der Waals surface area contributed by atoms with Crippen LogP contribution in [0.1, 0.15) is 64.2 Å². The molecule has 1 aliphatic heterocycles. The molecule has 22 heavy (non-hydrogen) atoms. The average molecular weight is 300 g/mol. The van der Waals surface area contributed by atoms with Crippen LogP contribution in [0.5, 0.6) is 0 Å². The van der Waals surface area contributed by atoms with E-state index in [-0.39, 0.29) is 11.6 Å². The van der Waals surface area contributed by atoms with Crippen molar-refractivity contribution >= 4 is 5.97 Å². The van der Waals surface area contributed by atoms with Crippen LogP contribution in [0.3, 0.4) is 0 Å². The van der Waals surface area contributed by atoms with E-state index in [2.05, 4.69) is 12.2 Å². The molecule has 4 fully saturated rings. The molecule has 0 aromatic rings. The molecule has 5 rings (SSSR count). The summed E-state index contributed by atoms with van der Waals surface area (Å²) in [6, 6.07) is 0. The van der Waals surface area contributed by atoms with Gasteiger partial charge in [-0.1, -0.05) is 12.2 Å². The maximum atomic E-state index is 11.6. The second-order valence-electron chi connectivity index (χ2n) is 8.80. The summed E-state index contributed by atoms with van der Waals surface area (Å²) in [4.78, 5) is 11.6. The largest absolute Gasteiger partial charge is 0.459 e. The fourth-order valence-corrected chi connectivity index (χ4v) is 7.08. The van der Waals surface area contributed by atoms with Crippen LogP contribution in [0, 0.1) is 35.5 Å². The third-order valence-electron chi connectivity index (χ3n) is 7.98. The first kappa shape index (κ1) is 13.6. The first-order chi connectivity index (χ1) is 10.7. The third kappa shape index (κ3) is 1.95. The summed E-state index contributed by atoms with van der Waals surface area (Å²) in [5.41, 5.74) is -0.0444. The number of esters is 1. The van der Waals surface area contributed by atoms with Crippen molar-refractivity contribution < 1.29 is 9.53 Å². The summed E-state index contributed by atoms with van der Waals surface area (Å²) in [5, 5.41) is 0. The Morgan fingerprint density at radius 1 is 0.955 bits per heavy atom. The van der Waals surface area contributed by atoms with E-state index in [1.807, 2.05) is 0 Å². The van der Waals surface area contributed by atoms with Crippen molar-refractivity contribution in [2.24, 2.45) is 35.5 Å². The molecule has 0 amide bonds. The first-order valence-corrected chi connectivity index (χ1v) is 9.63. The fraction of sp³-hybridized carbons (Fsp3) is 0.850. The summed E-state index contributed by atoms with van der Waals surface area (Å²) in [6.07, 6.45) is 17.4. The van der Waals surface area contributed by atoms with Crippen LogP contribution < -0.4 is 0 Å². The summed E-state index contributed by atoms with van der Waals surface area (Å²) in [5.74, 6) is 5.69. The van der Waals surface area contributed by atoms with Crippen molar-refractivity contribution in [3.63, 3.8) is 0 Å². The zero-order valence-electron chi connectivity index (χ0n) is 13.5. The zero-order valence-corrected chi connectivity index (χ0v) is 13.5. The normalized spacial score (nSPS) is 53.0. The zero-order chi connectivity index (χ0) is 14.7. The standard InChI is InChI=1S/C20H28O2/c21-19-9-11-20(22-19)10-8-16-14(12-20)5-7-17-15-3-1-2-13(15)4-6-18(16)17/h1-2,13-18H,3-12H2. The van der Waals surface area contributed by atoms with Crippen molar-refractivity contribution in [2.45, 2.75) is 69.8 Å². The SMILES string of the molecule is O=C1CCC2(CCC3C(CCC4C5CC=CC5CCC34)C2)O1. The molecular weight excluding hydrogens is 272 g/mol. The maximum absolute atomic E-state index is 11.6. The van der Waals surface area contributed by atoms with Gasteiger partial charge in [-0.3, -0.25) is 4.79 Å². The monoisotopic (exact) mass is 300 g/mol. The molecule has 0 aromatic carbocycles. The van der Waals surface area contributed by atoms with Crippen molar-refractivity contribution in [1.29, 1.82) is 0 Å². The topological polar surface area (TPSA) is 26.3 Å². The lowest BCUT2D eigenvalue weighted by Crippen LogP contribution is -2.48. The Bertz CT molecular complexity index is 510. The molecule has 1 spiro atoms. The Balaban J connectivity index is 1.34. The van der Waals surface area contributed by atoms with Gasteiger partial charge in [0.05, 0.1) is 0 Å². The van der Waals surface area contributed by atoms with Gasteiger partial charge < -0.3 is 4.74 Å². The van der Waals surface area contributed by atoms with Gasteiger partial charge in [-0.25, -0.2) is 0 Å². The van der Waals surface area contributed by atoms with Crippen molar-refractivity contribution in [3.05, 3.63) is 12.2 Å². The van der Waals surface area contributed by atoms with Crippen LogP contribution >= 0.6 is 0 Å². The maximum Gasteiger partial charge on any atom is 0.306 e. The lowest BCUT2D eigenvalue weighted by Gasteiger charge is -2.54. The molecule has 2 heteroatoms. The molecule has 1 saturated heterocycles. The molecule has 1 heterocycles. The highest BCUT2D eigenvalue weighted by atomic mass is 16.6. The van der Waals surface area contributed by atoms with Crippen LogP contribution in [0.25, 0.3) is 0 Å². The van der Waals surface area contributed by atoms with Gasteiger partial charge in [0.25, 0.3) is 0 Å². The number of hydrogen-bond donors (Lipinski definition) is 0. The van der Waals surface area contributed by atoms with Crippen LogP contribution in [0.15, 0.2) is 12.2 Å². The molecule has 7 atom stereocenters. The number of rotatable bonds is 0. The second kappa shape index (κ2) is 4.85. The Labute approximate surface area is 133 Å². The third-order valence-corrected chi connectivity index (χ3v) is 7.98. The van der Waals surface area contributed by atoms with E-state index in [1.165, 1.54) is 44.9 Å². The Hall–Kier alpha value is -0.790. The number of carbonyl (C=O) groups excluding carboxylic acids is 1. The summed E-state index contributed by atoms with van der Waals surface area (Å²) in [6.45, 7) is 0. The lowest BCUT2D eigenvalue weighted by molar-refractivity contribution is -0.156. The van der Waals surface area contributed by atoms with Gasteiger partial charge in [-0.2, -0.15) is 0 Å². The molecule has 3 saturated carbocycles. The Kier molecular flexibility index (Phi) is 3.01. The highest BCUT2D eigenvalue weighted by molar-refractivity contribution is 5.72. The van der Waals surface area contributed by atoms with E-state index in [0.717, 1.165) is 48.3 Å². The lowest BCUT2D eigenvalue weighted by atomic mass is 9.52. The van der Waals surface area contributed by atoms with E-state index in [4.69, 9.17) is 4.74 Å². The summed E-state index contributed by atoms with van der Waals surface area (Å²) < 4.78 is 5.80. The average Bonchev–Trinajstić information content (AvgIpc) is 3.13. The van der Waals surface area contributed by atoms with Crippen LogP contribution in [-0.4, -0.2) is 11.6 Å². The number of ether oxygens (including phenoxy) is 1. The van der Waals surface area contributed by atoms with Gasteiger partial charge in [-0.15, -0.1) is 0 Å². The van der Waals surface area contributed by atoms with Crippen LogP contribution in [0.2, 0.25) is 0 Å². The number of fused-ring (bicyclic) bond motifs is 5. The Morgan fingerprint density at radius 3 is 2.68 bits per heavy atom. The van der Waals surface area contributed by atoms with E-state index in [0.29, 0.717) is 6.42 Å². The van der Waals surface area contributed by atoms with Crippen molar-refractivity contribution in [1.82, 2.24) is 0 Å². The van der Waals surface area contributed by atoms with Gasteiger partial charge in [0.15, 0.2) is 0 Å². The van der Waals surface area contributed by atoms with Crippen molar-refractivity contribution in [3.8, 4) is 0 Å². The molecule has 0 N–H and O–H groups in total. The molecule has 7 unspecified atom stereocenters. The molecular formula is C20H28O2. The second-order valence-corrected chi connectivity index (χ2v) is 8.80. The molecule has 120 valence electrons. The van der Waals surface area contributed by atoms with Crippen molar-refractivity contribution in [2.75, 3.05) is 0 Å². The molecule has 4 aliphatic carbocycles. The minimum atomic E-state index is -0.0444. The number of hydrogen-bond acceptors (Lipinski definition) is 2. The Morgan fingerprint density at radius 2 is 1.82 bits per heavy atom. The molecule has 2 nitrogen and oxygen atoms in total. The van der Waals surface area contributed by atoms with E-state index < -0.39 is 0 Å². The van der Waals surface area contributed by atoms with Gasteiger partial charge >= 0.3 is 5.97 Å². The summed E-state index contributed by atoms with van der Waals surface area (Å²) >= 11 is 0. The van der Waals surface area contributed by atoms with Gasteiger partial charge in [0.1, 0.15) is 5.60 Å². The van der Waals surface area contributed by atoms with E-state index in [9.17, 15) is 4.79 Å². The predicted octanol–water partition coefficient (Wildman–Crippen LogP) is 4.49. The summed E-state index contributed by atoms with van der Waals surface area (Å²) in [7, 11) is 0. The van der Waals surface area contributed by atoms with E-state index >= 15 is 0 Å². The molecule has 5 aliphatic rings. The highest BCUT2D eigenvalue weighted by Gasteiger charge is 2.53. The quantitative estimate of drug-likeness (QED) is 0.486. The molecule has 0 bridgehead atoms. The van der Waals surface area contributed by atoms with Crippen LogP contribution in [0.4, 0.5) is 0 Å². The minimum absolute atomic E-state index is 0.0444. The predicted molar refractivity (Wildman–Crippen MR) is 85.1 cm³/mol. The van der Waals surface area contributed by atoms with Gasteiger partial charge in [0.2, 0.25) is 0 Å². The molecule has 0 aromatic heterocycles. The van der Waals surface area contributed by atoms with E-state index in [1.54, 1.807) is 0 Å². The highest BCUT2D eigenvalue weighted by Crippen LogP contribution is 2.58. The van der Waals surface area contributed by atoms with Gasteiger partial charge in [-0.05, 0) is 93.3 Å². The smallest absolute Gasteiger partial charge is 0.306 e. The van der Waals surface area contributed by atoms with Gasteiger partial charge in [0, 0.05) is 6.42 Å². The fourth-order valence-electron chi connectivity index (χ4n) is 7.08. The molecule has 0 radical (unpaired) electrons. The van der Waals surface area contributed by atoms with Crippen LogP contribution in [-0.2, 0) is 9.53 Å². The first-order valence-electron chi connectivity index (χ1n) is 9.63.